The van der Waals surface area contributed by atoms with Gasteiger partial charge in [0.05, 0.1) is 0 Å². The van der Waals surface area contributed by atoms with Crippen LogP contribution in [0, 0.1) is 5.92 Å². The Kier molecular flexibility index (Phi) is 6.06. The van der Waals surface area contributed by atoms with Crippen LogP contribution >= 0.6 is 0 Å². The van der Waals surface area contributed by atoms with Crippen LogP contribution in [0.1, 0.15) is 38.8 Å². The summed E-state index contributed by atoms with van der Waals surface area (Å²) in [6.07, 6.45) is 1.01. The normalized spacial score (nSPS) is 16.2. The molecular weight excluding hydrogens is 286 g/mol. The van der Waals surface area contributed by atoms with Gasteiger partial charge in [-0.3, -0.25) is 4.21 Å². The highest BCUT2D eigenvalue weighted by atomic mass is 32.2. The van der Waals surface area contributed by atoms with Crippen molar-refractivity contribution < 1.29 is 13.7 Å². The fraction of sp³-hybridized carbons (Fsp3) is 0.625. The first-order chi connectivity index (χ1) is 10.1. The van der Waals surface area contributed by atoms with Crippen molar-refractivity contribution in [1.29, 1.82) is 0 Å². The lowest BCUT2D eigenvalue weighted by atomic mass is 10.1. The van der Waals surface area contributed by atoms with Crippen LogP contribution in [0.2, 0.25) is 0 Å². The summed E-state index contributed by atoms with van der Waals surface area (Å²) in [5.41, 5.74) is 1.11. The molecule has 5 heteroatoms. The molecule has 1 N–H and O–H groups in total. The largest absolute Gasteiger partial charge is 0.454 e. The van der Waals surface area contributed by atoms with Crippen molar-refractivity contribution in [3.63, 3.8) is 0 Å². The van der Waals surface area contributed by atoms with Gasteiger partial charge in [-0.1, -0.05) is 26.8 Å². The molecule has 1 aliphatic rings. The SMILES string of the molecule is CCNC(CS(=O)CCC(C)C)c1ccc2c(c1)OCO2. The van der Waals surface area contributed by atoms with Crippen LogP contribution in [0.4, 0.5) is 0 Å². The van der Waals surface area contributed by atoms with E-state index < -0.39 is 10.8 Å². The lowest BCUT2D eigenvalue weighted by Gasteiger charge is -2.18. The number of fused-ring (bicyclic) bond motifs is 1. The molecule has 4 nitrogen and oxygen atoms in total. The van der Waals surface area contributed by atoms with Gasteiger partial charge in [-0.2, -0.15) is 0 Å². The van der Waals surface area contributed by atoms with Gasteiger partial charge in [0.15, 0.2) is 11.5 Å². The van der Waals surface area contributed by atoms with E-state index in [2.05, 4.69) is 26.1 Å². The van der Waals surface area contributed by atoms with Gasteiger partial charge < -0.3 is 14.8 Å². The number of hydrogen-bond donors (Lipinski definition) is 1. The van der Waals surface area contributed by atoms with Crippen LogP contribution in [0.5, 0.6) is 11.5 Å². The molecule has 2 unspecified atom stereocenters. The Labute approximate surface area is 129 Å². The van der Waals surface area contributed by atoms with Crippen LogP contribution < -0.4 is 14.8 Å². The zero-order valence-electron chi connectivity index (χ0n) is 13.1. The first-order valence-corrected chi connectivity index (χ1v) is 9.06. The number of hydrogen-bond acceptors (Lipinski definition) is 4. The van der Waals surface area contributed by atoms with Gasteiger partial charge in [0, 0.05) is 28.3 Å². The molecule has 0 fully saturated rings. The van der Waals surface area contributed by atoms with Gasteiger partial charge in [-0.25, -0.2) is 0 Å². The summed E-state index contributed by atoms with van der Waals surface area (Å²) in [7, 11) is -0.806. The molecule has 21 heavy (non-hydrogen) atoms. The Morgan fingerprint density at radius 2 is 2.05 bits per heavy atom. The van der Waals surface area contributed by atoms with Crippen molar-refractivity contribution in [3.8, 4) is 11.5 Å². The highest BCUT2D eigenvalue weighted by Gasteiger charge is 2.19. The molecule has 1 aromatic carbocycles. The minimum atomic E-state index is -0.806. The Bertz CT molecular complexity index is 490. The quantitative estimate of drug-likeness (QED) is 0.802. The van der Waals surface area contributed by atoms with Gasteiger partial charge in [0.1, 0.15) is 0 Å². The first kappa shape index (κ1) is 16.3. The van der Waals surface area contributed by atoms with Gasteiger partial charge in [-0.15, -0.1) is 0 Å². The third kappa shape index (κ3) is 4.71. The second-order valence-electron chi connectivity index (χ2n) is 5.72. The molecule has 0 radical (unpaired) electrons. The fourth-order valence-electron chi connectivity index (χ4n) is 2.29. The molecule has 1 heterocycles. The second kappa shape index (κ2) is 7.80. The van der Waals surface area contributed by atoms with Crippen LogP contribution in [-0.4, -0.2) is 29.1 Å². The zero-order chi connectivity index (χ0) is 15.2. The highest BCUT2D eigenvalue weighted by Crippen LogP contribution is 2.34. The maximum atomic E-state index is 12.3. The summed E-state index contributed by atoms with van der Waals surface area (Å²) in [6, 6.07) is 6.05. The molecule has 0 spiro atoms. The first-order valence-electron chi connectivity index (χ1n) is 7.58. The van der Waals surface area contributed by atoms with Gasteiger partial charge in [0.25, 0.3) is 0 Å². The smallest absolute Gasteiger partial charge is 0.231 e. The third-order valence-corrected chi connectivity index (χ3v) is 4.92. The average molecular weight is 311 g/mol. The molecule has 118 valence electrons. The number of rotatable bonds is 8. The minimum Gasteiger partial charge on any atom is -0.454 e. The van der Waals surface area contributed by atoms with E-state index in [0.717, 1.165) is 35.8 Å². The fourth-order valence-corrected chi connectivity index (χ4v) is 3.87. The van der Waals surface area contributed by atoms with Crippen molar-refractivity contribution in [2.45, 2.75) is 33.2 Å². The monoisotopic (exact) mass is 311 g/mol. The van der Waals surface area contributed by atoms with E-state index in [-0.39, 0.29) is 12.8 Å². The van der Waals surface area contributed by atoms with Crippen LogP contribution in [0.25, 0.3) is 0 Å². The van der Waals surface area contributed by atoms with Crippen molar-refractivity contribution in [1.82, 2.24) is 5.32 Å². The molecule has 0 aromatic heterocycles. The van der Waals surface area contributed by atoms with E-state index in [1.54, 1.807) is 0 Å². The number of nitrogens with one attached hydrogen (secondary N) is 1. The third-order valence-electron chi connectivity index (χ3n) is 3.52. The molecule has 1 aromatic rings. The van der Waals surface area contributed by atoms with Crippen molar-refractivity contribution in [2.75, 3.05) is 24.8 Å². The Balaban J connectivity index is 2.02. The Hall–Kier alpha value is -1.07. The number of benzene rings is 1. The van der Waals surface area contributed by atoms with Crippen LogP contribution in [0.3, 0.4) is 0 Å². The second-order valence-corrected chi connectivity index (χ2v) is 7.34. The molecule has 0 amide bonds. The maximum absolute atomic E-state index is 12.3. The van der Waals surface area contributed by atoms with Crippen molar-refractivity contribution in [3.05, 3.63) is 23.8 Å². The summed E-state index contributed by atoms with van der Waals surface area (Å²) < 4.78 is 23.0. The molecule has 0 saturated heterocycles. The summed E-state index contributed by atoms with van der Waals surface area (Å²) in [4.78, 5) is 0. The molecule has 0 saturated carbocycles. The molecule has 0 aliphatic carbocycles. The van der Waals surface area contributed by atoms with Crippen molar-refractivity contribution in [2.24, 2.45) is 5.92 Å². The molecular formula is C16H25NO3S. The van der Waals surface area contributed by atoms with Crippen molar-refractivity contribution >= 4 is 10.8 Å². The average Bonchev–Trinajstić information content (AvgIpc) is 2.92. The summed E-state index contributed by atoms with van der Waals surface area (Å²) in [6.45, 7) is 7.52. The zero-order valence-corrected chi connectivity index (χ0v) is 13.9. The predicted octanol–water partition coefficient (Wildman–Crippen LogP) is 2.86. The summed E-state index contributed by atoms with van der Waals surface area (Å²) in [5.74, 6) is 3.57. The minimum absolute atomic E-state index is 0.0949. The number of ether oxygens (including phenoxy) is 2. The standard InChI is InChI=1S/C16H25NO3S/c1-4-17-14(10-21(18)8-7-12(2)3)13-5-6-15-16(9-13)20-11-19-15/h5-6,9,12,14,17H,4,7-8,10-11H2,1-3H3. The Morgan fingerprint density at radius 3 is 2.76 bits per heavy atom. The summed E-state index contributed by atoms with van der Waals surface area (Å²) in [5, 5.41) is 3.42. The predicted molar refractivity (Wildman–Crippen MR) is 86.3 cm³/mol. The van der Waals surface area contributed by atoms with E-state index >= 15 is 0 Å². The Morgan fingerprint density at radius 1 is 1.29 bits per heavy atom. The highest BCUT2D eigenvalue weighted by molar-refractivity contribution is 7.85. The van der Waals surface area contributed by atoms with Crippen LogP contribution in [-0.2, 0) is 10.8 Å². The molecule has 0 bridgehead atoms. The van der Waals surface area contributed by atoms with Gasteiger partial charge in [0.2, 0.25) is 6.79 Å². The van der Waals surface area contributed by atoms with E-state index in [0.29, 0.717) is 11.7 Å². The van der Waals surface area contributed by atoms with E-state index in [1.165, 1.54) is 0 Å². The molecule has 1 aliphatic heterocycles. The van der Waals surface area contributed by atoms with E-state index in [4.69, 9.17) is 9.47 Å². The lowest BCUT2D eigenvalue weighted by molar-refractivity contribution is 0.174. The van der Waals surface area contributed by atoms with E-state index in [1.807, 2.05) is 18.2 Å². The topological polar surface area (TPSA) is 47.6 Å². The lowest BCUT2D eigenvalue weighted by Crippen LogP contribution is -2.27. The van der Waals surface area contributed by atoms with Gasteiger partial charge >= 0.3 is 0 Å². The van der Waals surface area contributed by atoms with E-state index in [9.17, 15) is 4.21 Å². The summed E-state index contributed by atoms with van der Waals surface area (Å²) >= 11 is 0. The van der Waals surface area contributed by atoms with Gasteiger partial charge in [-0.05, 0) is 36.6 Å². The molecule has 2 atom stereocenters. The maximum Gasteiger partial charge on any atom is 0.231 e. The molecule has 2 rings (SSSR count). The van der Waals surface area contributed by atoms with Crippen LogP contribution in [0.15, 0.2) is 18.2 Å².